The molecule has 0 saturated heterocycles. The lowest BCUT2D eigenvalue weighted by Crippen LogP contribution is -2.37. The quantitative estimate of drug-likeness (QED) is 0.664. The lowest BCUT2D eigenvalue weighted by molar-refractivity contribution is 0.0815. The molecule has 18 heavy (non-hydrogen) atoms. The predicted octanol–water partition coefficient (Wildman–Crippen LogP) is 1.81. The van der Waals surface area contributed by atoms with Crippen molar-refractivity contribution in [3.8, 4) is 0 Å². The van der Waals surface area contributed by atoms with E-state index in [1.54, 1.807) is 6.92 Å². The van der Waals surface area contributed by atoms with Crippen LogP contribution in [-0.4, -0.2) is 24.2 Å². The van der Waals surface area contributed by atoms with E-state index in [2.05, 4.69) is 24.6 Å². The second-order valence-corrected chi connectivity index (χ2v) is 11.4. The summed E-state index contributed by atoms with van der Waals surface area (Å²) in [6, 6.07) is 0.985. The van der Waals surface area contributed by atoms with Gasteiger partial charge in [-0.05, 0) is 13.0 Å². The first-order valence-electron chi connectivity index (χ1n) is 5.79. The monoisotopic (exact) mass is 290 g/mol. The molecule has 0 unspecified atom stereocenters. The van der Waals surface area contributed by atoms with Gasteiger partial charge in [-0.1, -0.05) is 31.2 Å². The average molecular weight is 291 g/mol. The average Bonchev–Trinajstić information content (AvgIpc) is 2.23. The van der Waals surface area contributed by atoms with Crippen LogP contribution in [0, 0.1) is 6.92 Å². The molecule has 0 bridgehead atoms. The molecule has 1 aromatic rings. The zero-order valence-corrected chi connectivity index (χ0v) is 12.9. The molecule has 1 aromatic heterocycles. The molecule has 0 aliphatic rings. The fourth-order valence-corrected chi connectivity index (χ4v) is 2.21. The highest BCUT2D eigenvalue weighted by molar-refractivity contribution is 6.76. The first-order valence-corrected chi connectivity index (χ1v) is 9.88. The Balaban J connectivity index is 2.72. The number of hydrogen-bond donors (Lipinski definition) is 1. The van der Waals surface area contributed by atoms with E-state index in [4.69, 9.17) is 16.3 Å². The molecule has 1 rings (SSSR count). The lowest BCUT2D eigenvalue weighted by atomic mass is 10.4. The smallest absolute Gasteiger partial charge is 0.330 e. The summed E-state index contributed by atoms with van der Waals surface area (Å²) in [4.78, 5) is 25.8. The van der Waals surface area contributed by atoms with E-state index in [1.165, 1.54) is 0 Å². The van der Waals surface area contributed by atoms with Crippen molar-refractivity contribution < 1.29 is 4.74 Å². The summed E-state index contributed by atoms with van der Waals surface area (Å²) in [5.41, 5.74) is -0.620. The summed E-state index contributed by atoms with van der Waals surface area (Å²) in [5, 5.41) is 0.0309. The Morgan fingerprint density at radius 2 is 1.94 bits per heavy atom. The molecule has 0 radical (unpaired) electrons. The third-order valence-corrected chi connectivity index (χ3v) is 4.67. The summed E-state index contributed by atoms with van der Waals surface area (Å²) in [6.45, 7) is 8.78. The van der Waals surface area contributed by atoms with Crippen molar-refractivity contribution >= 4 is 19.7 Å². The molecule has 0 aromatic carbocycles. The minimum absolute atomic E-state index is 0.0309. The SMILES string of the molecule is Cc1[nH]c(=O)n(COCC[Si](C)(C)C)c(=O)c1Cl. The van der Waals surface area contributed by atoms with Crippen LogP contribution in [0.2, 0.25) is 30.7 Å². The number of H-pyrrole nitrogens is 1. The third-order valence-electron chi connectivity index (χ3n) is 2.52. The van der Waals surface area contributed by atoms with Crippen LogP contribution in [0.15, 0.2) is 9.59 Å². The van der Waals surface area contributed by atoms with Gasteiger partial charge in [-0.3, -0.25) is 4.79 Å². The molecule has 0 spiro atoms. The maximum Gasteiger partial charge on any atom is 0.330 e. The van der Waals surface area contributed by atoms with Crippen LogP contribution >= 0.6 is 11.6 Å². The summed E-state index contributed by atoms with van der Waals surface area (Å²) >= 11 is 5.79. The van der Waals surface area contributed by atoms with Crippen LogP contribution in [0.5, 0.6) is 0 Å². The summed E-state index contributed by atoms with van der Waals surface area (Å²) in [6.07, 6.45) is 0. The summed E-state index contributed by atoms with van der Waals surface area (Å²) in [7, 11) is -1.17. The fraction of sp³-hybridized carbons (Fsp3) is 0.636. The number of aromatic amines is 1. The molecule has 0 saturated carbocycles. The number of aryl methyl sites for hydroxylation is 1. The minimum atomic E-state index is -1.17. The Bertz CT molecular complexity index is 531. The second-order valence-electron chi connectivity index (χ2n) is 5.45. The number of rotatable bonds is 5. The van der Waals surface area contributed by atoms with Gasteiger partial charge < -0.3 is 9.72 Å². The van der Waals surface area contributed by atoms with Gasteiger partial charge in [0.1, 0.15) is 11.8 Å². The molecule has 0 aliphatic carbocycles. The normalized spacial score (nSPS) is 11.8. The van der Waals surface area contributed by atoms with Gasteiger partial charge in [-0.25, -0.2) is 9.36 Å². The number of ether oxygens (including phenoxy) is 1. The topological polar surface area (TPSA) is 64.1 Å². The fourth-order valence-electron chi connectivity index (χ4n) is 1.31. The van der Waals surface area contributed by atoms with Gasteiger partial charge >= 0.3 is 5.69 Å². The highest BCUT2D eigenvalue weighted by atomic mass is 35.5. The van der Waals surface area contributed by atoms with Gasteiger partial charge in [0, 0.05) is 20.4 Å². The van der Waals surface area contributed by atoms with E-state index >= 15 is 0 Å². The third kappa shape index (κ3) is 4.11. The molecule has 0 fully saturated rings. The zero-order valence-electron chi connectivity index (χ0n) is 11.2. The molecule has 0 aliphatic heterocycles. The van der Waals surface area contributed by atoms with Crippen LogP contribution in [0.4, 0.5) is 0 Å². The molecule has 1 heterocycles. The number of aromatic nitrogens is 2. The number of halogens is 1. The van der Waals surface area contributed by atoms with E-state index in [9.17, 15) is 9.59 Å². The van der Waals surface area contributed by atoms with E-state index in [0.717, 1.165) is 10.6 Å². The Morgan fingerprint density at radius 3 is 2.50 bits per heavy atom. The van der Waals surface area contributed by atoms with Crippen molar-refractivity contribution in [1.29, 1.82) is 0 Å². The molecule has 0 atom stereocenters. The van der Waals surface area contributed by atoms with Gasteiger partial charge in [0.15, 0.2) is 0 Å². The van der Waals surface area contributed by atoms with Crippen molar-refractivity contribution in [2.24, 2.45) is 0 Å². The number of nitrogens with zero attached hydrogens (tertiary/aromatic N) is 1. The first kappa shape index (κ1) is 15.2. The van der Waals surface area contributed by atoms with Crippen molar-refractivity contribution in [1.82, 2.24) is 9.55 Å². The lowest BCUT2D eigenvalue weighted by Gasteiger charge is -2.15. The summed E-state index contributed by atoms with van der Waals surface area (Å²) in [5.74, 6) is 0. The van der Waals surface area contributed by atoms with Crippen LogP contribution in [0.25, 0.3) is 0 Å². The van der Waals surface area contributed by atoms with Crippen LogP contribution < -0.4 is 11.2 Å². The van der Waals surface area contributed by atoms with E-state index < -0.39 is 19.3 Å². The van der Waals surface area contributed by atoms with Gasteiger partial charge in [-0.15, -0.1) is 0 Å². The second kappa shape index (κ2) is 5.86. The Kier molecular flexibility index (Phi) is 4.95. The largest absolute Gasteiger partial charge is 0.361 e. The molecule has 0 amide bonds. The van der Waals surface area contributed by atoms with Crippen molar-refractivity contribution in [2.45, 2.75) is 39.3 Å². The van der Waals surface area contributed by atoms with Crippen molar-refractivity contribution in [2.75, 3.05) is 6.61 Å². The number of nitrogens with one attached hydrogen (secondary N) is 1. The maximum absolute atomic E-state index is 11.7. The van der Waals surface area contributed by atoms with Gasteiger partial charge in [0.2, 0.25) is 0 Å². The molecular formula is C11H19ClN2O3Si. The highest BCUT2D eigenvalue weighted by Crippen LogP contribution is 2.07. The van der Waals surface area contributed by atoms with Gasteiger partial charge in [0.25, 0.3) is 5.56 Å². The van der Waals surface area contributed by atoms with Gasteiger partial charge in [0.05, 0.1) is 0 Å². The molecular weight excluding hydrogens is 272 g/mol. The van der Waals surface area contributed by atoms with Crippen molar-refractivity contribution in [3.05, 3.63) is 31.6 Å². The van der Waals surface area contributed by atoms with Crippen molar-refractivity contribution in [3.63, 3.8) is 0 Å². The first-order chi connectivity index (χ1) is 8.22. The maximum atomic E-state index is 11.7. The molecule has 1 N–H and O–H groups in total. The van der Waals surface area contributed by atoms with E-state index in [0.29, 0.717) is 12.3 Å². The van der Waals surface area contributed by atoms with Crippen LogP contribution in [-0.2, 0) is 11.5 Å². The molecule has 7 heteroatoms. The molecule has 5 nitrogen and oxygen atoms in total. The summed E-state index contributed by atoms with van der Waals surface area (Å²) < 4.78 is 6.34. The van der Waals surface area contributed by atoms with Crippen LogP contribution in [0.1, 0.15) is 5.69 Å². The van der Waals surface area contributed by atoms with Crippen LogP contribution in [0.3, 0.4) is 0 Å². The highest BCUT2D eigenvalue weighted by Gasteiger charge is 2.13. The van der Waals surface area contributed by atoms with E-state index in [-0.39, 0.29) is 11.8 Å². The number of hydrogen-bond acceptors (Lipinski definition) is 3. The van der Waals surface area contributed by atoms with Gasteiger partial charge in [-0.2, -0.15) is 0 Å². The zero-order chi connectivity index (χ0) is 13.9. The Morgan fingerprint density at radius 1 is 1.33 bits per heavy atom. The predicted molar refractivity (Wildman–Crippen MR) is 75.2 cm³/mol. The molecule has 102 valence electrons. The minimum Gasteiger partial charge on any atom is -0.361 e. The Hall–Kier alpha value is -0.853. The van der Waals surface area contributed by atoms with E-state index in [1.807, 2.05) is 0 Å². The standard InChI is InChI=1S/C11H19ClN2O3Si/c1-8-9(12)10(15)14(11(16)13-8)7-17-5-6-18(2,3)4/h5-7H2,1-4H3,(H,13,16). The Labute approximate surface area is 112 Å².